The molecule has 10 heteroatoms. The summed E-state index contributed by atoms with van der Waals surface area (Å²) in [6, 6.07) is 0. The molecule has 0 bridgehead atoms. The number of rotatable bonds is 5. The molecule has 0 aromatic heterocycles. The lowest BCUT2D eigenvalue weighted by Crippen LogP contribution is -2.42. The maximum Gasteiger partial charge on any atom is 0.350 e. The molecule has 0 aromatic rings. The van der Waals surface area contributed by atoms with E-state index in [1.165, 1.54) is 0 Å². The van der Waals surface area contributed by atoms with Gasteiger partial charge < -0.3 is 19.7 Å². The molecule has 2 atom stereocenters. The Balaban J connectivity index is 2.17. The van der Waals surface area contributed by atoms with Crippen molar-refractivity contribution in [3.05, 3.63) is 23.3 Å². The van der Waals surface area contributed by atoms with Crippen molar-refractivity contribution < 1.29 is 48.5 Å². The molecular weight excluding hydrogens is 304 g/mol. The third-order valence-corrected chi connectivity index (χ3v) is 2.72. The van der Waals surface area contributed by atoms with Crippen molar-refractivity contribution >= 4 is 35.4 Å². The Morgan fingerprint density at radius 1 is 0.773 bits per heavy atom. The SMILES string of the molecule is O=C1C=C(C(=O)C(O)C(O)C(=O)C2=CC(=O)OC2=O)C(=O)O1. The third-order valence-electron chi connectivity index (χ3n) is 2.72. The van der Waals surface area contributed by atoms with Gasteiger partial charge in [0.1, 0.15) is 11.1 Å². The number of hydrogen-bond donors (Lipinski definition) is 2. The molecule has 10 nitrogen and oxygen atoms in total. The number of aliphatic hydroxyl groups is 2. The average molecular weight is 310 g/mol. The second-order valence-electron chi connectivity index (χ2n) is 4.15. The summed E-state index contributed by atoms with van der Waals surface area (Å²) >= 11 is 0. The topological polar surface area (TPSA) is 161 Å². The van der Waals surface area contributed by atoms with Crippen LogP contribution in [0, 0.1) is 0 Å². The molecule has 0 amide bonds. The highest BCUT2D eigenvalue weighted by Crippen LogP contribution is 2.17. The number of carbonyl (C=O) groups excluding carboxylic acids is 6. The smallest absolute Gasteiger partial charge is 0.350 e. The van der Waals surface area contributed by atoms with Gasteiger partial charge in [-0.25, -0.2) is 19.2 Å². The molecule has 0 aliphatic carbocycles. The van der Waals surface area contributed by atoms with Crippen LogP contribution in [0.15, 0.2) is 23.3 Å². The van der Waals surface area contributed by atoms with Gasteiger partial charge in [0.25, 0.3) is 0 Å². The minimum atomic E-state index is -2.44. The van der Waals surface area contributed by atoms with E-state index in [1.807, 2.05) is 0 Å². The van der Waals surface area contributed by atoms with Crippen molar-refractivity contribution in [2.75, 3.05) is 0 Å². The van der Waals surface area contributed by atoms with Crippen LogP contribution in [0.4, 0.5) is 0 Å². The maximum atomic E-state index is 11.7. The first-order valence-corrected chi connectivity index (χ1v) is 5.62. The van der Waals surface area contributed by atoms with Crippen molar-refractivity contribution in [1.82, 2.24) is 0 Å². The van der Waals surface area contributed by atoms with Crippen molar-refractivity contribution in [2.24, 2.45) is 0 Å². The number of cyclic esters (lactones) is 4. The molecule has 22 heavy (non-hydrogen) atoms. The van der Waals surface area contributed by atoms with Gasteiger partial charge in [-0.05, 0) is 0 Å². The van der Waals surface area contributed by atoms with E-state index in [2.05, 4.69) is 9.47 Å². The quantitative estimate of drug-likeness (QED) is 0.301. The third kappa shape index (κ3) is 2.60. The summed E-state index contributed by atoms with van der Waals surface area (Å²) < 4.78 is 8.03. The van der Waals surface area contributed by atoms with Gasteiger partial charge in [0.15, 0.2) is 12.2 Å². The maximum absolute atomic E-state index is 11.7. The molecule has 0 aromatic carbocycles. The number of ether oxygens (including phenoxy) is 2. The molecule has 2 unspecified atom stereocenters. The van der Waals surface area contributed by atoms with Gasteiger partial charge in [-0.2, -0.15) is 0 Å². The summed E-state index contributed by atoms with van der Waals surface area (Å²) in [5.41, 5.74) is -1.72. The Morgan fingerprint density at radius 3 is 1.32 bits per heavy atom. The molecule has 2 N–H and O–H groups in total. The minimum Gasteiger partial charge on any atom is -0.386 e. The molecule has 2 heterocycles. The van der Waals surface area contributed by atoms with Crippen molar-refractivity contribution in [2.45, 2.75) is 12.2 Å². The van der Waals surface area contributed by atoms with Crippen LogP contribution in [0.3, 0.4) is 0 Å². The van der Waals surface area contributed by atoms with Crippen LogP contribution in [0.25, 0.3) is 0 Å². The first kappa shape index (κ1) is 15.4. The summed E-state index contributed by atoms with van der Waals surface area (Å²) in [5, 5.41) is 19.2. The zero-order valence-electron chi connectivity index (χ0n) is 10.5. The van der Waals surface area contributed by atoms with Gasteiger partial charge in [0.05, 0.1) is 0 Å². The standard InChI is InChI=1S/C12H6O10/c13-5-1-3(11(19)21-5)7(15)9(17)10(18)8(16)4-2-6(14)22-12(4)20/h1-2,9-10,17-18H. The average Bonchev–Trinajstić information content (AvgIpc) is 2.96. The van der Waals surface area contributed by atoms with Crippen LogP contribution in [-0.2, 0) is 38.2 Å². The van der Waals surface area contributed by atoms with Crippen LogP contribution in [0.2, 0.25) is 0 Å². The number of esters is 4. The summed E-state index contributed by atoms with van der Waals surface area (Å²) in [5.74, 6) is -7.88. The second-order valence-corrected chi connectivity index (χ2v) is 4.15. The summed E-state index contributed by atoms with van der Waals surface area (Å²) in [4.78, 5) is 67.3. The van der Waals surface area contributed by atoms with Crippen molar-refractivity contribution in [3.8, 4) is 0 Å². The normalized spacial score (nSPS) is 20.1. The monoisotopic (exact) mass is 310 g/mol. The van der Waals surface area contributed by atoms with E-state index in [-0.39, 0.29) is 0 Å². The van der Waals surface area contributed by atoms with Crippen molar-refractivity contribution in [3.63, 3.8) is 0 Å². The van der Waals surface area contributed by atoms with Crippen molar-refractivity contribution in [1.29, 1.82) is 0 Å². The van der Waals surface area contributed by atoms with E-state index in [4.69, 9.17) is 0 Å². The number of aliphatic hydroxyl groups excluding tert-OH is 2. The van der Waals surface area contributed by atoms with E-state index in [9.17, 15) is 39.0 Å². The van der Waals surface area contributed by atoms with Gasteiger partial charge in [0.2, 0.25) is 11.6 Å². The van der Waals surface area contributed by atoms with Gasteiger partial charge in [-0.1, -0.05) is 0 Å². The molecule has 0 saturated heterocycles. The van der Waals surface area contributed by atoms with Gasteiger partial charge in [-0.15, -0.1) is 0 Å². The van der Waals surface area contributed by atoms with Crippen LogP contribution in [-0.4, -0.2) is 57.9 Å². The van der Waals surface area contributed by atoms with Crippen LogP contribution < -0.4 is 0 Å². The molecule has 2 aliphatic rings. The first-order chi connectivity index (χ1) is 10.2. The molecule has 0 fully saturated rings. The Labute approximate surface area is 120 Å². The van der Waals surface area contributed by atoms with Gasteiger partial charge >= 0.3 is 23.9 Å². The molecule has 0 spiro atoms. The predicted molar refractivity (Wildman–Crippen MR) is 60.4 cm³/mol. The van der Waals surface area contributed by atoms with Crippen LogP contribution >= 0.6 is 0 Å². The second kappa shape index (κ2) is 5.42. The Morgan fingerprint density at radius 2 is 1.09 bits per heavy atom. The van der Waals surface area contributed by atoms with E-state index in [0.717, 1.165) is 0 Å². The molecule has 2 aliphatic heterocycles. The molecule has 2 rings (SSSR count). The predicted octanol–water partition coefficient (Wildman–Crippen LogP) is -3.13. The zero-order chi connectivity index (χ0) is 16.6. The fourth-order valence-electron chi connectivity index (χ4n) is 1.65. The minimum absolute atomic E-state index is 0.484. The van der Waals surface area contributed by atoms with Crippen LogP contribution in [0.5, 0.6) is 0 Å². The molecular formula is C12H6O10. The highest BCUT2D eigenvalue weighted by molar-refractivity contribution is 6.30. The molecule has 0 saturated carbocycles. The number of carbonyl (C=O) groups is 6. The van der Waals surface area contributed by atoms with E-state index < -0.39 is 58.8 Å². The largest absolute Gasteiger partial charge is 0.386 e. The van der Waals surface area contributed by atoms with E-state index in [1.54, 1.807) is 0 Å². The van der Waals surface area contributed by atoms with Crippen LogP contribution in [0.1, 0.15) is 0 Å². The number of ketones is 2. The zero-order valence-corrected chi connectivity index (χ0v) is 10.5. The summed E-state index contributed by atoms with van der Waals surface area (Å²) in [6.45, 7) is 0. The molecule has 114 valence electrons. The van der Waals surface area contributed by atoms with Gasteiger partial charge in [0, 0.05) is 12.2 Å². The number of Topliss-reactive ketones (excluding diaryl/α,β-unsaturated/α-hetero) is 2. The van der Waals surface area contributed by atoms with E-state index >= 15 is 0 Å². The number of hydrogen-bond acceptors (Lipinski definition) is 10. The highest BCUT2D eigenvalue weighted by atomic mass is 16.6. The fraction of sp³-hybridized carbons (Fsp3) is 0.167. The molecule has 0 radical (unpaired) electrons. The Hall–Kier alpha value is -2.98. The van der Waals surface area contributed by atoms with Gasteiger partial charge in [-0.3, -0.25) is 9.59 Å². The Bertz CT molecular complexity index is 635. The first-order valence-electron chi connectivity index (χ1n) is 5.62. The Kier molecular flexibility index (Phi) is 3.80. The summed E-state index contributed by atoms with van der Waals surface area (Å²) in [7, 11) is 0. The summed E-state index contributed by atoms with van der Waals surface area (Å²) in [6.07, 6.45) is -3.92. The lowest BCUT2D eigenvalue weighted by atomic mass is 9.96. The fourth-order valence-corrected chi connectivity index (χ4v) is 1.65. The lowest BCUT2D eigenvalue weighted by molar-refractivity contribution is -0.154. The van der Waals surface area contributed by atoms with E-state index in [0.29, 0.717) is 12.2 Å². The lowest BCUT2D eigenvalue weighted by Gasteiger charge is -2.14. The highest BCUT2D eigenvalue weighted by Gasteiger charge is 2.41.